The lowest BCUT2D eigenvalue weighted by molar-refractivity contribution is -0.131. The highest BCUT2D eigenvalue weighted by Crippen LogP contribution is 2.24. The van der Waals surface area contributed by atoms with Crippen molar-refractivity contribution >= 4 is 11.9 Å². The van der Waals surface area contributed by atoms with E-state index in [4.69, 9.17) is 4.74 Å². The van der Waals surface area contributed by atoms with E-state index in [-0.39, 0.29) is 11.9 Å². The SMILES string of the molecule is COc1cccc(C(NC(=O)NCCC(=O)N2CCCCCC2)c2nccn2C)c1. The second-order valence-electron chi connectivity index (χ2n) is 7.55. The summed E-state index contributed by atoms with van der Waals surface area (Å²) in [7, 11) is 3.49. The lowest BCUT2D eigenvalue weighted by Gasteiger charge is -2.21. The summed E-state index contributed by atoms with van der Waals surface area (Å²) in [6, 6.07) is 6.75. The predicted octanol–water partition coefficient (Wildman–Crippen LogP) is 2.61. The number of urea groups is 1. The van der Waals surface area contributed by atoms with Gasteiger partial charge in [-0.05, 0) is 30.5 Å². The highest BCUT2D eigenvalue weighted by atomic mass is 16.5. The van der Waals surface area contributed by atoms with Crippen LogP contribution in [-0.4, -0.2) is 53.1 Å². The Hall–Kier alpha value is -3.03. The molecule has 1 aromatic heterocycles. The van der Waals surface area contributed by atoms with E-state index in [1.807, 2.05) is 47.0 Å². The van der Waals surface area contributed by atoms with Gasteiger partial charge in [0.05, 0.1) is 7.11 Å². The number of amides is 3. The van der Waals surface area contributed by atoms with E-state index < -0.39 is 6.04 Å². The van der Waals surface area contributed by atoms with Gasteiger partial charge in [0.25, 0.3) is 0 Å². The van der Waals surface area contributed by atoms with Crippen LogP contribution in [0.1, 0.15) is 49.5 Å². The first-order valence-electron chi connectivity index (χ1n) is 10.5. The predicted molar refractivity (Wildman–Crippen MR) is 114 cm³/mol. The molecule has 30 heavy (non-hydrogen) atoms. The molecule has 1 aromatic carbocycles. The Kier molecular flexibility index (Phi) is 7.70. The van der Waals surface area contributed by atoms with Crippen LogP contribution < -0.4 is 15.4 Å². The van der Waals surface area contributed by atoms with Crippen molar-refractivity contribution in [2.75, 3.05) is 26.7 Å². The number of hydrogen-bond acceptors (Lipinski definition) is 4. The largest absolute Gasteiger partial charge is 0.497 e. The number of ether oxygens (including phenoxy) is 1. The first-order chi connectivity index (χ1) is 14.6. The highest BCUT2D eigenvalue weighted by molar-refractivity contribution is 5.78. The Bertz CT molecular complexity index is 843. The molecule has 0 bridgehead atoms. The van der Waals surface area contributed by atoms with Gasteiger partial charge in [0.2, 0.25) is 5.91 Å². The van der Waals surface area contributed by atoms with Gasteiger partial charge in [0.15, 0.2) is 0 Å². The Morgan fingerprint density at radius 3 is 2.63 bits per heavy atom. The minimum atomic E-state index is -0.443. The summed E-state index contributed by atoms with van der Waals surface area (Å²) in [6.07, 6.45) is 8.33. The molecule has 3 rings (SSSR count). The van der Waals surface area contributed by atoms with Crippen molar-refractivity contribution in [2.45, 2.75) is 38.1 Å². The number of aromatic nitrogens is 2. The maximum atomic E-state index is 12.6. The number of nitrogens with one attached hydrogen (secondary N) is 2. The number of imidazole rings is 1. The molecule has 0 spiro atoms. The van der Waals surface area contributed by atoms with Gasteiger partial charge in [-0.3, -0.25) is 4.79 Å². The molecular weight excluding hydrogens is 382 g/mol. The topological polar surface area (TPSA) is 88.5 Å². The molecule has 0 radical (unpaired) electrons. The average molecular weight is 414 g/mol. The number of likely N-dealkylation sites (tertiary alicyclic amines) is 1. The van der Waals surface area contributed by atoms with Crippen LogP contribution in [0.4, 0.5) is 4.79 Å². The van der Waals surface area contributed by atoms with Crippen LogP contribution in [-0.2, 0) is 11.8 Å². The van der Waals surface area contributed by atoms with E-state index in [1.165, 1.54) is 12.8 Å². The van der Waals surface area contributed by atoms with Crippen LogP contribution >= 0.6 is 0 Å². The van der Waals surface area contributed by atoms with Gasteiger partial charge in [-0.2, -0.15) is 0 Å². The molecule has 2 heterocycles. The molecule has 1 unspecified atom stereocenters. The van der Waals surface area contributed by atoms with Gasteiger partial charge in [-0.25, -0.2) is 9.78 Å². The molecule has 1 atom stereocenters. The van der Waals surface area contributed by atoms with Crippen molar-refractivity contribution < 1.29 is 14.3 Å². The first kappa shape index (κ1) is 21.7. The molecule has 1 aliphatic rings. The van der Waals surface area contributed by atoms with Crippen LogP contribution in [0.2, 0.25) is 0 Å². The van der Waals surface area contributed by atoms with Crippen molar-refractivity contribution in [3.05, 3.63) is 48.0 Å². The van der Waals surface area contributed by atoms with Gasteiger partial charge in [0.1, 0.15) is 17.6 Å². The maximum absolute atomic E-state index is 12.6. The molecule has 0 saturated carbocycles. The van der Waals surface area contributed by atoms with Gasteiger partial charge >= 0.3 is 6.03 Å². The van der Waals surface area contributed by atoms with Gasteiger partial charge in [0, 0.05) is 45.5 Å². The van der Waals surface area contributed by atoms with Crippen molar-refractivity contribution in [1.29, 1.82) is 0 Å². The molecule has 2 N–H and O–H groups in total. The Morgan fingerprint density at radius 2 is 1.97 bits per heavy atom. The normalized spacial score (nSPS) is 15.2. The number of carbonyl (C=O) groups is 2. The number of rotatable bonds is 7. The first-order valence-corrected chi connectivity index (χ1v) is 10.5. The fourth-order valence-electron chi connectivity index (χ4n) is 3.72. The zero-order valence-corrected chi connectivity index (χ0v) is 17.8. The van der Waals surface area contributed by atoms with Crippen LogP contribution in [0.25, 0.3) is 0 Å². The lowest BCUT2D eigenvalue weighted by atomic mass is 10.1. The van der Waals surface area contributed by atoms with Crippen LogP contribution in [0.15, 0.2) is 36.7 Å². The van der Waals surface area contributed by atoms with E-state index >= 15 is 0 Å². The fraction of sp³-hybridized carbons (Fsp3) is 0.500. The summed E-state index contributed by atoms with van der Waals surface area (Å²) in [5.41, 5.74) is 0.861. The summed E-state index contributed by atoms with van der Waals surface area (Å²) in [5.74, 6) is 1.52. The number of nitrogens with zero attached hydrogens (tertiary/aromatic N) is 3. The third-order valence-corrected chi connectivity index (χ3v) is 5.40. The average Bonchev–Trinajstić information content (AvgIpc) is 3.00. The summed E-state index contributed by atoms with van der Waals surface area (Å²) in [4.78, 5) is 31.3. The molecular formula is C22H31N5O3. The summed E-state index contributed by atoms with van der Waals surface area (Å²) in [5, 5.41) is 5.79. The molecule has 8 heteroatoms. The third-order valence-electron chi connectivity index (χ3n) is 5.40. The Morgan fingerprint density at radius 1 is 1.20 bits per heavy atom. The number of carbonyl (C=O) groups excluding carboxylic acids is 2. The maximum Gasteiger partial charge on any atom is 0.315 e. The second-order valence-corrected chi connectivity index (χ2v) is 7.55. The molecule has 162 valence electrons. The van der Waals surface area contributed by atoms with Gasteiger partial charge in [-0.15, -0.1) is 0 Å². The zero-order valence-electron chi connectivity index (χ0n) is 17.8. The molecule has 8 nitrogen and oxygen atoms in total. The Balaban J connectivity index is 1.59. The second kappa shape index (κ2) is 10.7. The minimum absolute atomic E-state index is 0.102. The number of benzene rings is 1. The standard InChI is InChI=1S/C22H31N5O3/c1-26-15-12-23-21(26)20(17-8-7-9-18(16-17)30-2)25-22(29)24-11-10-19(28)27-13-5-3-4-6-14-27/h7-9,12,15-16,20H,3-6,10-11,13-14H2,1-2H3,(H2,24,25,29). The van der Waals surface area contributed by atoms with Crippen molar-refractivity contribution in [2.24, 2.45) is 7.05 Å². The van der Waals surface area contributed by atoms with E-state index in [1.54, 1.807) is 13.3 Å². The summed E-state index contributed by atoms with van der Waals surface area (Å²) < 4.78 is 7.19. The molecule has 3 amide bonds. The summed E-state index contributed by atoms with van der Waals surface area (Å²) >= 11 is 0. The monoisotopic (exact) mass is 413 g/mol. The third kappa shape index (κ3) is 5.75. The molecule has 1 aliphatic heterocycles. The van der Waals surface area contributed by atoms with Gasteiger partial charge < -0.3 is 24.8 Å². The van der Waals surface area contributed by atoms with Crippen molar-refractivity contribution in [3.8, 4) is 5.75 Å². The Labute approximate surface area is 177 Å². The van der Waals surface area contributed by atoms with E-state index in [2.05, 4.69) is 15.6 Å². The van der Waals surface area contributed by atoms with E-state index in [0.717, 1.165) is 31.5 Å². The van der Waals surface area contributed by atoms with Crippen molar-refractivity contribution in [1.82, 2.24) is 25.1 Å². The number of aryl methyl sites for hydroxylation is 1. The molecule has 2 aromatic rings. The quantitative estimate of drug-likeness (QED) is 0.730. The zero-order chi connectivity index (χ0) is 21.3. The van der Waals surface area contributed by atoms with Crippen molar-refractivity contribution in [3.63, 3.8) is 0 Å². The highest BCUT2D eigenvalue weighted by Gasteiger charge is 2.22. The minimum Gasteiger partial charge on any atom is -0.497 e. The molecule has 1 saturated heterocycles. The van der Waals surface area contributed by atoms with E-state index in [9.17, 15) is 9.59 Å². The number of methoxy groups -OCH3 is 1. The van der Waals surface area contributed by atoms with E-state index in [0.29, 0.717) is 24.5 Å². The van der Waals surface area contributed by atoms with Crippen LogP contribution in [0.5, 0.6) is 5.75 Å². The van der Waals surface area contributed by atoms with Crippen LogP contribution in [0.3, 0.4) is 0 Å². The lowest BCUT2D eigenvalue weighted by Crippen LogP contribution is -2.41. The molecule has 0 aliphatic carbocycles. The van der Waals surface area contributed by atoms with Gasteiger partial charge in [-0.1, -0.05) is 25.0 Å². The summed E-state index contributed by atoms with van der Waals surface area (Å²) in [6.45, 7) is 1.94. The van der Waals surface area contributed by atoms with Crippen LogP contribution in [0, 0.1) is 0 Å². The number of hydrogen-bond donors (Lipinski definition) is 2. The smallest absolute Gasteiger partial charge is 0.315 e. The fourth-order valence-corrected chi connectivity index (χ4v) is 3.72. The molecule has 1 fully saturated rings.